The van der Waals surface area contributed by atoms with Crippen LogP contribution in [0.25, 0.3) is 0 Å². The van der Waals surface area contributed by atoms with Gasteiger partial charge in [-0.15, -0.1) is 0 Å². The number of fused-ring (bicyclic) bond motifs is 1. The fourth-order valence-corrected chi connectivity index (χ4v) is 2.37. The standard InChI is InChI=1S/C15H12FNO2/c16-11-7-5-10(6-8-11)9-15(19)12-3-1-2-4-13(12)17-14(15)18/h1-8,19H,9H2,(H,17,18). The summed E-state index contributed by atoms with van der Waals surface area (Å²) < 4.78 is 12.9. The van der Waals surface area contributed by atoms with E-state index in [0.29, 0.717) is 16.8 Å². The Morgan fingerprint density at radius 1 is 1.11 bits per heavy atom. The summed E-state index contributed by atoms with van der Waals surface area (Å²) in [5.41, 5.74) is 0.297. The highest BCUT2D eigenvalue weighted by molar-refractivity contribution is 6.05. The van der Waals surface area contributed by atoms with Crippen LogP contribution in [-0.2, 0) is 16.8 Å². The predicted octanol–water partition coefficient (Wildman–Crippen LogP) is 2.21. The zero-order chi connectivity index (χ0) is 13.5. The maximum atomic E-state index is 12.9. The molecular weight excluding hydrogens is 245 g/mol. The lowest BCUT2D eigenvalue weighted by molar-refractivity contribution is -0.133. The van der Waals surface area contributed by atoms with Gasteiger partial charge in [0.15, 0.2) is 5.60 Å². The van der Waals surface area contributed by atoms with Crippen LogP contribution in [0.5, 0.6) is 0 Å². The first-order chi connectivity index (χ1) is 9.09. The molecule has 0 bridgehead atoms. The van der Waals surface area contributed by atoms with E-state index >= 15 is 0 Å². The topological polar surface area (TPSA) is 49.3 Å². The third-order valence-electron chi connectivity index (χ3n) is 3.37. The van der Waals surface area contributed by atoms with E-state index in [0.717, 1.165) is 0 Å². The Kier molecular flexibility index (Phi) is 2.61. The van der Waals surface area contributed by atoms with Crippen molar-refractivity contribution < 1.29 is 14.3 Å². The van der Waals surface area contributed by atoms with Gasteiger partial charge in [-0.05, 0) is 23.8 Å². The van der Waals surface area contributed by atoms with Crippen molar-refractivity contribution in [2.75, 3.05) is 5.32 Å². The van der Waals surface area contributed by atoms with E-state index in [2.05, 4.69) is 5.32 Å². The molecule has 1 atom stereocenters. The van der Waals surface area contributed by atoms with E-state index in [1.165, 1.54) is 12.1 Å². The van der Waals surface area contributed by atoms with E-state index in [1.807, 2.05) is 0 Å². The third kappa shape index (κ3) is 1.90. The van der Waals surface area contributed by atoms with Gasteiger partial charge >= 0.3 is 0 Å². The number of benzene rings is 2. The summed E-state index contributed by atoms with van der Waals surface area (Å²) in [5.74, 6) is -0.787. The van der Waals surface area contributed by atoms with Crippen molar-refractivity contribution in [3.63, 3.8) is 0 Å². The van der Waals surface area contributed by atoms with Crippen molar-refractivity contribution in [1.82, 2.24) is 0 Å². The molecule has 19 heavy (non-hydrogen) atoms. The van der Waals surface area contributed by atoms with Gasteiger partial charge in [-0.2, -0.15) is 0 Å². The van der Waals surface area contributed by atoms with Crippen molar-refractivity contribution in [2.45, 2.75) is 12.0 Å². The molecule has 0 aromatic heterocycles. The monoisotopic (exact) mass is 257 g/mol. The van der Waals surface area contributed by atoms with E-state index in [1.54, 1.807) is 36.4 Å². The molecule has 0 fully saturated rings. The summed E-state index contributed by atoms with van der Waals surface area (Å²) >= 11 is 0. The fourth-order valence-electron chi connectivity index (χ4n) is 2.37. The van der Waals surface area contributed by atoms with Crippen LogP contribution in [-0.4, -0.2) is 11.0 Å². The smallest absolute Gasteiger partial charge is 0.261 e. The summed E-state index contributed by atoms with van der Waals surface area (Å²) in [5, 5.41) is 13.3. The summed E-state index contributed by atoms with van der Waals surface area (Å²) in [7, 11) is 0. The van der Waals surface area contributed by atoms with Gasteiger partial charge in [0.2, 0.25) is 0 Å². The van der Waals surface area contributed by atoms with Crippen molar-refractivity contribution in [2.24, 2.45) is 0 Å². The summed E-state index contributed by atoms with van der Waals surface area (Å²) in [4.78, 5) is 12.0. The Morgan fingerprint density at radius 2 is 1.79 bits per heavy atom. The number of carbonyl (C=O) groups excluding carboxylic acids is 1. The molecule has 2 N–H and O–H groups in total. The van der Waals surface area contributed by atoms with Gasteiger partial charge in [-0.3, -0.25) is 4.79 Å². The number of aliphatic hydroxyl groups is 1. The highest BCUT2D eigenvalue weighted by atomic mass is 19.1. The van der Waals surface area contributed by atoms with Crippen molar-refractivity contribution in [3.05, 3.63) is 65.5 Å². The highest BCUT2D eigenvalue weighted by Crippen LogP contribution is 2.37. The lowest BCUT2D eigenvalue weighted by Crippen LogP contribution is -2.36. The Morgan fingerprint density at radius 3 is 2.53 bits per heavy atom. The minimum atomic E-state index is -1.59. The molecule has 1 aliphatic heterocycles. The van der Waals surface area contributed by atoms with Gasteiger partial charge in [-0.25, -0.2) is 4.39 Å². The van der Waals surface area contributed by atoms with Crippen LogP contribution in [0.15, 0.2) is 48.5 Å². The minimum Gasteiger partial charge on any atom is -0.375 e. The van der Waals surface area contributed by atoms with Crippen LogP contribution in [0.4, 0.5) is 10.1 Å². The van der Waals surface area contributed by atoms with Gasteiger partial charge in [0, 0.05) is 17.7 Å². The molecule has 4 heteroatoms. The number of nitrogens with one attached hydrogen (secondary N) is 1. The van der Waals surface area contributed by atoms with Gasteiger partial charge in [0.05, 0.1) is 0 Å². The Bertz CT molecular complexity index is 639. The number of amides is 1. The molecule has 1 heterocycles. The number of anilines is 1. The fraction of sp³-hybridized carbons (Fsp3) is 0.133. The Hall–Kier alpha value is -2.20. The molecule has 2 aromatic carbocycles. The van der Waals surface area contributed by atoms with Crippen molar-refractivity contribution in [1.29, 1.82) is 0 Å². The minimum absolute atomic E-state index is 0.121. The molecule has 0 aliphatic carbocycles. The largest absolute Gasteiger partial charge is 0.375 e. The zero-order valence-corrected chi connectivity index (χ0v) is 10.1. The van der Waals surface area contributed by atoms with Crippen molar-refractivity contribution >= 4 is 11.6 Å². The second-order valence-corrected chi connectivity index (χ2v) is 4.66. The quantitative estimate of drug-likeness (QED) is 0.866. The molecular formula is C15H12FNO2. The van der Waals surface area contributed by atoms with Crippen LogP contribution in [0.3, 0.4) is 0 Å². The van der Waals surface area contributed by atoms with E-state index in [4.69, 9.17) is 0 Å². The van der Waals surface area contributed by atoms with Gasteiger partial charge < -0.3 is 10.4 Å². The number of para-hydroxylation sites is 1. The average molecular weight is 257 g/mol. The first-order valence-corrected chi connectivity index (χ1v) is 5.97. The Labute approximate surface area is 109 Å². The average Bonchev–Trinajstić information content (AvgIpc) is 2.65. The highest BCUT2D eigenvalue weighted by Gasteiger charge is 2.44. The SMILES string of the molecule is O=C1Nc2ccccc2C1(O)Cc1ccc(F)cc1. The number of hydrogen-bond donors (Lipinski definition) is 2. The molecule has 1 aliphatic rings. The number of carbonyl (C=O) groups is 1. The van der Waals surface area contributed by atoms with Gasteiger partial charge in [-0.1, -0.05) is 30.3 Å². The molecule has 0 saturated heterocycles. The number of hydrogen-bond acceptors (Lipinski definition) is 2. The molecule has 0 spiro atoms. The normalized spacial score (nSPS) is 21.1. The molecule has 3 rings (SSSR count). The lowest BCUT2D eigenvalue weighted by Gasteiger charge is -2.20. The van der Waals surface area contributed by atoms with Crippen LogP contribution in [0, 0.1) is 5.82 Å². The predicted molar refractivity (Wildman–Crippen MR) is 69.1 cm³/mol. The molecule has 1 amide bonds. The molecule has 1 unspecified atom stereocenters. The number of halogens is 1. The maximum Gasteiger partial charge on any atom is 0.261 e. The van der Waals surface area contributed by atoms with Gasteiger partial charge in [0.25, 0.3) is 5.91 Å². The molecule has 0 saturated carbocycles. The lowest BCUT2D eigenvalue weighted by atomic mass is 9.88. The Balaban J connectivity index is 1.99. The number of rotatable bonds is 2. The van der Waals surface area contributed by atoms with E-state index in [9.17, 15) is 14.3 Å². The van der Waals surface area contributed by atoms with Crippen LogP contribution in [0.1, 0.15) is 11.1 Å². The molecule has 2 aromatic rings. The van der Waals surface area contributed by atoms with E-state index in [-0.39, 0.29) is 12.2 Å². The van der Waals surface area contributed by atoms with Crippen LogP contribution < -0.4 is 5.32 Å². The summed E-state index contributed by atoms with van der Waals surface area (Å²) in [6.45, 7) is 0. The second kappa shape index (κ2) is 4.17. The van der Waals surface area contributed by atoms with Crippen molar-refractivity contribution in [3.8, 4) is 0 Å². The summed E-state index contributed by atoms with van der Waals surface area (Å²) in [6.07, 6.45) is 0.121. The van der Waals surface area contributed by atoms with Crippen LogP contribution >= 0.6 is 0 Å². The first-order valence-electron chi connectivity index (χ1n) is 5.97. The zero-order valence-electron chi connectivity index (χ0n) is 10.1. The first kappa shape index (κ1) is 11.9. The molecule has 0 radical (unpaired) electrons. The van der Waals surface area contributed by atoms with Crippen LogP contribution in [0.2, 0.25) is 0 Å². The third-order valence-corrected chi connectivity index (χ3v) is 3.37. The van der Waals surface area contributed by atoms with E-state index < -0.39 is 11.5 Å². The van der Waals surface area contributed by atoms with Gasteiger partial charge in [0.1, 0.15) is 5.82 Å². The maximum absolute atomic E-state index is 12.9. The molecule has 96 valence electrons. The molecule has 3 nitrogen and oxygen atoms in total. The summed E-state index contributed by atoms with van der Waals surface area (Å²) in [6, 6.07) is 12.8. The second-order valence-electron chi connectivity index (χ2n) is 4.66.